The molecule has 0 saturated heterocycles. The Labute approximate surface area is 163 Å². The quantitative estimate of drug-likeness (QED) is 0.513. The van der Waals surface area contributed by atoms with E-state index >= 15 is 0 Å². The maximum absolute atomic E-state index is 10.3. The van der Waals surface area contributed by atoms with Gasteiger partial charge in [-0.15, -0.1) is 0 Å². The van der Waals surface area contributed by atoms with Gasteiger partial charge in [-0.05, 0) is 48.2 Å². The van der Waals surface area contributed by atoms with Gasteiger partial charge in [0.15, 0.2) is 11.5 Å². The Morgan fingerprint density at radius 2 is 1.61 bits per heavy atom. The molecule has 28 heavy (non-hydrogen) atoms. The lowest BCUT2D eigenvalue weighted by atomic mass is 9.77. The fraction of sp³-hybridized carbons (Fsp3) is 0.333. The molecule has 1 aliphatic heterocycles. The van der Waals surface area contributed by atoms with Crippen molar-refractivity contribution in [1.82, 2.24) is 4.90 Å². The van der Waals surface area contributed by atoms with Crippen LogP contribution in [0, 0.1) is 0 Å². The Kier molecular flexibility index (Phi) is 6.64. The number of rotatable bonds is 0. The van der Waals surface area contributed by atoms with Crippen molar-refractivity contribution in [2.75, 3.05) is 13.6 Å². The zero-order valence-corrected chi connectivity index (χ0v) is 16.1. The van der Waals surface area contributed by atoms with Crippen LogP contribution in [0.2, 0.25) is 0 Å². The molecular weight excluding hydrogens is 362 g/mol. The highest BCUT2D eigenvalue weighted by Gasteiger charge is 2.34. The highest BCUT2D eigenvalue weighted by atomic mass is 16.4. The number of fused-ring (bicyclic) bond motifs is 2. The minimum atomic E-state index is -0.833. The van der Waals surface area contributed by atoms with Gasteiger partial charge in [0.25, 0.3) is 11.9 Å². The third-order valence-electron chi connectivity index (χ3n) is 4.72. The maximum Gasteiger partial charge on any atom is 0.300 e. The van der Waals surface area contributed by atoms with Crippen molar-refractivity contribution in [2.45, 2.75) is 32.7 Å². The number of hydrogen-bond donors (Lipinski definition) is 4. The number of carbonyl (C=O) groups is 2. The topological polar surface area (TPSA) is 118 Å². The average molecular weight is 387 g/mol. The standard InChI is InChI=1S/C17H17NO2.2C2H4O2/c1-18-8-7-10-3-2-4-12-15(10)13(18)9-11-5-6-14(19)17(20)16(11)12;2*1-2(3)4/h2-6,13,19-20H,7-9H2,1H3;2*1H3,(H,3,4). The van der Waals surface area contributed by atoms with Crippen molar-refractivity contribution in [3.05, 3.63) is 47.0 Å². The molecule has 1 heterocycles. The number of hydrogen-bond acceptors (Lipinski definition) is 5. The molecule has 1 unspecified atom stereocenters. The molecule has 0 bridgehead atoms. The molecule has 7 nitrogen and oxygen atoms in total. The largest absolute Gasteiger partial charge is 0.504 e. The Morgan fingerprint density at radius 3 is 2.21 bits per heavy atom. The van der Waals surface area contributed by atoms with Crippen molar-refractivity contribution >= 4 is 11.9 Å². The Morgan fingerprint density at radius 1 is 1.00 bits per heavy atom. The summed E-state index contributed by atoms with van der Waals surface area (Å²) in [5.41, 5.74) is 5.71. The predicted octanol–water partition coefficient (Wildman–Crippen LogP) is 3.03. The van der Waals surface area contributed by atoms with E-state index < -0.39 is 11.9 Å². The fourth-order valence-corrected chi connectivity index (χ4v) is 3.67. The Bertz CT molecular complexity index is 873. The number of carboxylic acids is 2. The number of carboxylic acid groups (broad SMARTS) is 2. The summed E-state index contributed by atoms with van der Waals surface area (Å²) in [6, 6.07) is 10.2. The van der Waals surface area contributed by atoms with Crippen molar-refractivity contribution in [3.63, 3.8) is 0 Å². The number of aliphatic carboxylic acids is 2. The van der Waals surface area contributed by atoms with Crippen molar-refractivity contribution in [1.29, 1.82) is 0 Å². The summed E-state index contributed by atoms with van der Waals surface area (Å²) in [5, 5.41) is 34.9. The lowest BCUT2D eigenvalue weighted by Crippen LogP contribution is -2.35. The highest BCUT2D eigenvalue weighted by Crippen LogP contribution is 2.49. The van der Waals surface area contributed by atoms with Crippen LogP contribution >= 0.6 is 0 Å². The molecule has 1 atom stereocenters. The molecule has 150 valence electrons. The molecule has 0 spiro atoms. The van der Waals surface area contributed by atoms with E-state index in [-0.39, 0.29) is 11.5 Å². The molecule has 2 aliphatic rings. The maximum atomic E-state index is 10.3. The van der Waals surface area contributed by atoms with Crippen LogP contribution in [-0.4, -0.2) is 50.9 Å². The summed E-state index contributed by atoms with van der Waals surface area (Å²) >= 11 is 0. The van der Waals surface area contributed by atoms with Crippen molar-refractivity contribution < 1.29 is 30.0 Å². The van der Waals surface area contributed by atoms with E-state index in [1.807, 2.05) is 6.07 Å². The minimum Gasteiger partial charge on any atom is -0.504 e. The molecule has 4 N–H and O–H groups in total. The fourth-order valence-electron chi connectivity index (χ4n) is 3.67. The molecule has 2 aromatic rings. The molecule has 2 aromatic carbocycles. The SMILES string of the molecule is CC(=O)O.CC(=O)O.CN1CCc2cccc3c2C1Cc1ccc(O)c(O)c1-3. The van der Waals surface area contributed by atoms with E-state index in [0.717, 1.165) is 49.9 Å². The normalized spacial score (nSPS) is 16.3. The molecular formula is C21H25NO6. The first-order valence-electron chi connectivity index (χ1n) is 8.88. The lowest BCUT2D eigenvalue weighted by Gasteiger charge is -2.39. The van der Waals surface area contributed by atoms with Crippen LogP contribution in [0.4, 0.5) is 0 Å². The number of benzene rings is 2. The van der Waals surface area contributed by atoms with Crippen LogP contribution in [0.25, 0.3) is 11.1 Å². The first-order chi connectivity index (χ1) is 13.1. The first kappa shape index (κ1) is 21.2. The second-order valence-electron chi connectivity index (χ2n) is 6.83. The van der Waals surface area contributed by atoms with Crippen molar-refractivity contribution in [2.24, 2.45) is 0 Å². The number of aromatic hydroxyl groups is 2. The van der Waals surface area contributed by atoms with Crippen molar-refractivity contribution in [3.8, 4) is 22.6 Å². The van der Waals surface area contributed by atoms with E-state index in [4.69, 9.17) is 19.8 Å². The third-order valence-corrected chi connectivity index (χ3v) is 4.72. The Hall–Kier alpha value is -3.06. The molecule has 1 aliphatic carbocycles. The van der Waals surface area contributed by atoms with Gasteiger partial charge in [-0.2, -0.15) is 0 Å². The molecule has 0 amide bonds. The molecule has 4 rings (SSSR count). The van der Waals surface area contributed by atoms with Gasteiger partial charge < -0.3 is 20.4 Å². The van der Waals surface area contributed by atoms with E-state index in [9.17, 15) is 10.2 Å². The third kappa shape index (κ3) is 4.61. The summed E-state index contributed by atoms with van der Waals surface area (Å²) in [5.74, 6) is -1.69. The van der Waals surface area contributed by atoms with Crippen LogP contribution in [0.1, 0.15) is 36.6 Å². The molecule has 0 aromatic heterocycles. The van der Waals surface area contributed by atoms with Crippen LogP contribution < -0.4 is 0 Å². The van der Waals surface area contributed by atoms with Gasteiger partial charge in [0.1, 0.15) is 0 Å². The van der Waals surface area contributed by atoms with Gasteiger partial charge >= 0.3 is 0 Å². The van der Waals surface area contributed by atoms with E-state index in [1.54, 1.807) is 6.07 Å². The van der Waals surface area contributed by atoms with Gasteiger partial charge in [0, 0.05) is 32.0 Å². The Balaban J connectivity index is 0.000000302. The molecule has 0 radical (unpaired) electrons. The summed E-state index contributed by atoms with van der Waals surface area (Å²) in [7, 11) is 2.16. The molecule has 0 fully saturated rings. The summed E-state index contributed by atoms with van der Waals surface area (Å²) < 4.78 is 0. The second kappa shape index (κ2) is 8.75. The van der Waals surface area contributed by atoms with Gasteiger partial charge in [0.2, 0.25) is 0 Å². The predicted molar refractivity (Wildman–Crippen MR) is 105 cm³/mol. The number of phenolic OH excluding ortho intramolecular Hbond substituents is 2. The van der Waals surface area contributed by atoms with E-state index in [0.29, 0.717) is 6.04 Å². The summed E-state index contributed by atoms with van der Waals surface area (Å²) in [6.07, 6.45) is 1.94. The first-order valence-corrected chi connectivity index (χ1v) is 8.88. The summed E-state index contributed by atoms with van der Waals surface area (Å²) in [6.45, 7) is 3.24. The summed E-state index contributed by atoms with van der Waals surface area (Å²) in [4.78, 5) is 20.4. The van der Waals surface area contributed by atoms with Crippen LogP contribution in [0.5, 0.6) is 11.5 Å². The second-order valence-corrected chi connectivity index (χ2v) is 6.83. The molecule has 0 saturated carbocycles. The number of likely N-dealkylation sites (N-methyl/N-ethyl adjacent to an activating group) is 1. The number of nitrogens with zero attached hydrogens (tertiary/aromatic N) is 1. The average Bonchev–Trinajstić information content (AvgIpc) is 2.60. The van der Waals surface area contributed by atoms with Gasteiger partial charge in [0.05, 0.1) is 0 Å². The van der Waals surface area contributed by atoms with Crippen LogP contribution in [0.3, 0.4) is 0 Å². The number of phenols is 2. The van der Waals surface area contributed by atoms with Gasteiger partial charge in [-0.3, -0.25) is 14.5 Å². The van der Waals surface area contributed by atoms with Crippen LogP contribution in [-0.2, 0) is 22.4 Å². The minimum absolute atomic E-state index is 0.0163. The van der Waals surface area contributed by atoms with Gasteiger partial charge in [-0.1, -0.05) is 24.3 Å². The smallest absolute Gasteiger partial charge is 0.300 e. The van der Waals surface area contributed by atoms with Crippen LogP contribution in [0.15, 0.2) is 30.3 Å². The highest BCUT2D eigenvalue weighted by molar-refractivity contribution is 5.82. The van der Waals surface area contributed by atoms with Gasteiger partial charge in [-0.25, -0.2) is 0 Å². The van der Waals surface area contributed by atoms with E-state index in [1.165, 1.54) is 11.1 Å². The molecule has 7 heteroatoms. The van der Waals surface area contributed by atoms with E-state index in [2.05, 4.69) is 30.1 Å². The monoisotopic (exact) mass is 387 g/mol. The lowest BCUT2D eigenvalue weighted by molar-refractivity contribution is -0.135. The zero-order valence-electron chi connectivity index (χ0n) is 16.1. The zero-order chi connectivity index (χ0) is 21.0.